The second kappa shape index (κ2) is 10.8. The van der Waals surface area contributed by atoms with Gasteiger partial charge in [0.1, 0.15) is 0 Å². The van der Waals surface area contributed by atoms with E-state index in [1.54, 1.807) is 0 Å². The summed E-state index contributed by atoms with van der Waals surface area (Å²) in [5.41, 5.74) is 5.30. The molecule has 0 aliphatic rings. The van der Waals surface area contributed by atoms with Gasteiger partial charge in [0, 0.05) is 16.7 Å². The van der Waals surface area contributed by atoms with Crippen molar-refractivity contribution in [1.29, 1.82) is 0 Å². The molecule has 0 saturated heterocycles. The number of nitrogens with zero attached hydrogens (tertiary/aromatic N) is 3. The lowest BCUT2D eigenvalue weighted by molar-refractivity contribution is 1.08. The van der Waals surface area contributed by atoms with Gasteiger partial charge in [-0.25, -0.2) is 15.0 Å². The molecule has 0 N–H and O–H groups in total. The lowest BCUT2D eigenvalue weighted by atomic mass is 9.95. The Kier molecular flexibility index (Phi) is 6.14. The molecule has 3 heteroatoms. The maximum Gasteiger partial charge on any atom is 0.164 e. The van der Waals surface area contributed by atoms with Gasteiger partial charge in [0.2, 0.25) is 0 Å². The molecule has 0 unspecified atom stereocenters. The number of rotatable bonds is 4. The summed E-state index contributed by atoms with van der Waals surface area (Å²) in [6.45, 7) is 0. The zero-order valence-corrected chi connectivity index (χ0v) is 24.9. The Bertz CT molecular complexity index is 2570. The molecule has 46 heavy (non-hydrogen) atoms. The van der Waals surface area contributed by atoms with Gasteiger partial charge in [-0.1, -0.05) is 158 Å². The van der Waals surface area contributed by atoms with E-state index < -0.39 is 0 Å². The Morgan fingerprint density at radius 3 is 1.59 bits per heavy atom. The number of hydrogen-bond acceptors (Lipinski definition) is 3. The standard InChI is InChI=1S/C43H27N3/c1-3-11-28(12-4-1)31-22-23-34-32(27-31)16-9-19-39(34)42-44-41(30-14-5-2-6-15-30)45-43(46-42)40-20-10-18-35-37-24-21-29-13-7-8-17-33(29)36(37)25-26-38(35)40/h1-27H. The molecule has 0 fully saturated rings. The van der Waals surface area contributed by atoms with Crippen LogP contribution in [0.4, 0.5) is 0 Å². The number of benzene rings is 8. The summed E-state index contributed by atoms with van der Waals surface area (Å²) in [6.07, 6.45) is 0. The van der Waals surface area contributed by atoms with Gasteiger partial charge < -0.3 is 0 Å². The van der Waals surface area contributed by atoms with Crippen molar-refractivity contribution in [3.63, 3.8) is 0 Å². The van der Waals surface area contributed by atoms with E-state index in [0.717, 1.165) is 32.8 Å². The van der Waals surface area contributed by atoms with Gasteiger partial charge in [-0.3, -0.25) is 0 Å². The van der Waals surface area contributed by atoms with Crippen LogP contribution in [0.5, 0.6) is 0 Å². The summed E-state index contributed by atoms with van der Waals surface area (Å²) in [5.74, 6) is 1.97. The van der Waals surface area contributed by atoms with Crippen LogP contribution in [0.3, 0.4) is 0 Å². The van der Waals surface area contributed by atoms with Gasteiger partial charge in [0.25, 0.3) is 0 Å². The average molecular weight is 586 g/mol. The van der Waals surface area contributed by atoms with E-state index in [1.165, 1.54) is 38.1 Å². The highest BCUT2D eigenvalue weighted by atomic mass is 15.0. The van der Waals surface area contributed by atoms with Gasteiger partial charge in [-0.2, -0.15) is 0 Å². The third kappa shape index (κ3) is 4.41. The van der Waals surface area contributed by atoms with Crippen molar-refractivity contribution in [2.24, 2.45) is 0 Å². The molecule has 0 atom stereocenters. The fourth-order valence-electron chi connectivity index (χ4n) is 6.67. The number of hydrogen-bond donors (Lipinski definition) is 0. The lowest BCUT2D eigenvalue weighted by Gasteiger charge is -2.13. The average Bonchev–Trinajstić information content (AvgIpc) is 3.14. The van der Waals surface area contributed by atoms with Crippen molar-refractivity contribution >= 4 is 43.1 Å². The van der Waals surface area contributed by atoms with Crippen molar-refractivity contribution in [3.8, 4) is 45.3 Å². The first-order valence-corrected chi connectivity index (χ1v) is 15.5. The molecule has 0 aliphatic heterocycles. The van der Waals surface area contributed by atoms with Crippen LogP contribution in [0, 0.1) is 0 Å². The first kappa shape index (κ1) is 26.2. The third-order valence-electron chi connectivity index (χ3n) is 8.92. The van der Waals surface area contributed by atoms with Crippen LogP contribution < -0.4 is 0 Å². The monoisotopic (exact) mass is 585 g/mol. The number of fused-ring (bicyclic) bond motifs is 6. The molecule has 0 aliphatic carbocycles. The molecule has 1 aromatic heterocycles. The van der Waals surface area contributed by atoms with Crippen molar-refractivity contribution in [3.05, 3.63) is 164 Å². The Hall–Kier alpha value is -6.19. The minimum absolute atomic E-state index is 0.655. The maximum atomic E-state index is 5.19. The maximum absolute atomic E-state index is 5.19. The van der Waals surface area contributed by atoms with Crippen molar-refractivity contribution < 1.29 is 0 Å². The van der Waals surface area contributed by atoms with E-state index in [4.69, 9.17) is 15.0 Å². The molecule has 0 radical (unpaired) electrons. The first-order valence-electron chi connectivity index (χ1n) is 15.5. The molecule has 8 aromatic carbocycles. The topological polar surface area (TPSA) is 38.7 Å². The fourth-order valence-corrected chi connectivity index (χ4v) is 6.67. The van der Waals surface area contributed by atoms with Crippen LogP contribution in [-0.2, 0) is 0 Å². The van der Waals surface area contributed by atoms with E-state index >= 15 is 0 Å². The fraction of sp³-hybridized carbons (Fsp3) is 0. The van der Waals surface area contributed by atoms with E-state index in [2.05, 4.69) is 140 Å². The van der Waals surface area contributed by atoms with Crippen LogP contribution in [0.15, 0.2) is 164 Å². The third-order valence-corrected chi connectivity index (χ3v) is 8.92. The molecule has 3 nitrogen and oxygen atoms in total. The highest BCUT2D eigenvalue weighted by molar-refractivity contribution is 6.19. The van der Waals surface area contributed by atoms with Crippen molar-refractivity contribution in [1.82, 2.24) is 15.0 Å². The van der Waals surface area contributed by atoms with Gasteiger partial charge >= 0.3 is 0 Å². The van der Waals surface area contributed by atoms with Crippen LogP contribution in [0.2, 0.25) is 0 Å². The van der Waals surface area contributed by atoms with Gasteiger partial charge in [0.05, 0.1) is 0 Å². The van der Waals surface area contributed by atoms with Gasteiger partial charge in [0.15, 0.2) is 17.5 Å². The predicted octanol–water partition coefficient (Wildman–Crippen LogP) is 11.2. The SMILES string of the molecule is c1ccc(-c2ccc3c(-c4nc(-c5ccccc5)nc(-c5cccc6c5ccc5c7ccccc7ccc65)n4)cccc3c2)cc1. The highest BCUT2D eigenvalue weighted by Crippen LogP contribution is 2.37. The molecule has 0 amide bonds. The molecule has 9 rings (SSSR count). The van der Waals surface area contributed by atoms with Crippen molar-refractivity contribution in [2.75, 3.05) is 0 Å². The largest absolute Gasteiger partial charge is 0.208 e. The second-order valence-corrected chi connectivity index (χ2v) is 11.6. The summed E-state index contributed by atoms with van der Waals surface area (Å²) in [6, 6.07) is 57.5. The second-order valence-electron chi connectivity index (χ2n) is 11.6. The van der Waals surface area contributed by atoms with E-state index in [-0.39, 0.29) is 0 Å². The highest BCUT2D eigenvalue weighted by Gasteiger charge is 2.17. The number of aromatic nitrogens is 3. The molecule has 214 valence electrons. The lowest BCUT2D eigenvalue weighted by Crippen LogP contribution is -2.01. The van der Waals surface area contributed by atoms with Crippen molar-refractivity contribution in [2.45, 2.75) is 0 Å². The Balaban J connectivity index is 1.26. The minimum Gasteiger partial charge on any atom is -0.208 e. The zero-order chi connectivity index (χ0) is 30.5. The van der Waals surface area contributed by atoms with Crippen LogP contribution in [0.25, 0.3) is 88.4 Å². The van der Waals surface area contributed by atoms with Crippen LogP contribution in [-0.4, -0.2) is 15.0 Å². The summed E-state index contributed by atoms with van der Waals surface area (Å²) < 4.78 is 0. The van der Waals surface area contributed by atoms with Gasteiger partial charge in [-0.05, 0) is 60.3 Å². The Labute approximate surface area is 266 Å². The molecule has 9 aromatic rings. The molecule has 0 spiro atoms. The Morgan fingerprint density at radius 2 is 0.783 bits per heavy atom. The van der Waals surface area contributed by atoms with Crippen LogP contribution in [0.1, 0.15) is 0 Å². The molecule has 1 heterocycles. The normalized spacial score (nSPS) is 11.5. The molecule has 0 saturated carbocycles. The summed E-state index contributed by atoms with van der Waals surface area (Å²) >= 11 is 0. The van der Waals surface area contributed by atoms with Gasteiger partial charge in [-0.15, -0.1) is 0 Å². The first-order chi connectivity index (χ1) is 22.8. The van der Waals surface area contributed by atoms with Crippen LogP contribution >= 0.6 is 0 Å². The molecule has 0 bridgehead atoms. The van der Waals surface area contributed by atoms with E-state index in [0.29, 0.717) is 17.5 Å². The Morgan fingerprint density at radius 1 is 0.261 bits per heavy atom. The summed E-state index contributed by atoms with van der Waals surface area (Å²) in [5, 5.41) is 9.52. The molecular formula is C43H27N3. The predicted molar refractivity (Wildman–Crippen MR) is 192 cm³/mol. The quantitative estimate of drug-likeness (QED) is 0.193. The summed E-state index contributed by atoms with van der Waals surface area (Å²) in [4.78, 5) is 15.4. The smallest absolute Gasteiger partial charge is 0.164 e. The van der Waals surface area contributed by atoms with E-state index in [1.807, 2.05) is 24.3 Å². The minimum atomic E-state index is 0.655. The summed E-state index contributed by atoms with van der Waals surface area (Å²) in [7, 11) is 0. The zero-order valence-electron chi connectivity index (χ0n) is 24.9. The van der Waals surface area contributed by atoms with E-state index in [9.17, 15) is 0 Å². The molecular weight excluding hydrogens is 558 g/mol.